The van der Waals surface area contributed by atoms with Gasteiger partial charge in [-0.05, 0) is 6.42 Å². The Hall–Kier alpha value is -0.970. The first kappa shape index (κ1) is 11.1. The van der Waals surface area contributed by atoms with Crippen molar-refractivity contribution >= 4 is 23.8 Å². The van der Waals surface area contributed by atoms with Crippen LogP contribution in [0.1, 0.15) is 12.8 Å². The van der Waals surface area contributed by atoms with Crippen LogP contribution in [0.15, 0.2) is 10.7 Å². The molecule has 0 fully saturated rings. The molecule has 1 rings (SSSR count). The lowest BCUT2D eigenvalue weighted by atomic mass is 10.1. The summed E-state index contributed by atoms with van der Waals surface area (Å²) >= 11 is 5.61. The summed E-state index contributed by atoms with van der Waals surface area (Å²) in [6, 6.07) is 0. The summed E-state index contributed by atoms with van der Waals surface area (Å²) in [5.74, 6) is -0.471. The summed E-state index contributed by atoms with van der Waals surface area (Å²) in [6.07, 6.45) is -1.88. The molecule has 78 valence electrons. The fourth-order valence-corrected chi connectivity index (χ4v) is 1.49. The predicted molar refractivity (Wildman–Crippen MR) is 45.9 cm³/mol. The van der Waals surface area contributed by atoms with Crippen molar-refractivity contribution in [3.63, 3.8) is 0 Å². The number of amides is 1. The van der Waals surface area contributed by atoms with Gasteiger partial charge in [-0.2, -0.15) is 0 Å². The molecular weight excluding hydrogens is 216 g/mol. The van der Waals surface area contributed by atoms with Crippen LogP contribution in [0.25, 0.3) is 0 Å². The van der Waals surface area contributed by atoms with E-state index < -0.39 is 18.9 Å². The smallest absolute Gasteiger partial charge is 0.256 e. The van der Waals surface area contributed by atoms with Gasteiger partial charge in [-0.25, -0.2) is 8.78 Å². The molecule has 0 unspecified atom stereocenters. The van der Waals surface area contributed by atoms with E-state index in [0.717, 1.165) is 4.90 Å². The molecule has 1 aliphatic heterocycles. The zero-order chi connectivity index (χ0) is 10.7. The fourth-order valence-electron chi connectivity index (χ4n) is 1.19. The highest BCUT2D eigenvalue weighted by Gasteiger charge is 2.27. The Kier molecular flexibility index (Phi) is 3.57. The van der Waals surface area contributed by atoms with Gasteiger partial charge >= 0.3 is 0 Å². The van der Waals surface area contributed by atoms with Crippen molar-refractivity contribution in [1.29, 1.82) is 0 Å². The molecule has 3 nitrogen and oxygen atoms in total. The molecule has 0 saturated heterocycles. The molecule has 0 aliphatic carbocycles. The number of alkyl halides is 2. The Balaban J connectivity index is 2.88. The molecule has 0 aromatic rings. The minimum Gasteiger partial charge on any atom is -0.298 e. The number of hydrogen-bond donors (Lipinski definition) is 0. The van der Waals surface area contributed by atoms with Crippen LogP contribution in [0.2, 0.25) is 0 Å². The maximum atomic E-state index is 12.0. The molecular formula is C8H8ClF2NO2. The third-order valence-electron chi connectivity index (χ3n) is 1.87. The Bertz CT molecular complexity index is 291. The van der Waals surface area contributed by atoms with Crippen molar-refractivity contribution < 1.29 is 18.4 Å². The Morgan fingerprint density at radius 2 is 2.14 bits per heavy atom. The first-order valence-corrected chi connectivity index (χ1v) is 4.36. The number of carbonyl (C=O) groups excluding carboxylic acids is 2. The summed E-state index contributed by atoms with van der Waals surface area (Å²) in [7, 11) is 0. The molecule has 6 heteroatoms. The van der Waals surface area contributed by atoms with Crippen LogP contribution in [0.3, 0.4) is 0 Å². The zero-order valence-electron chi connectivity index (χ0n) is 7.17. The van der Waals surface area contributed by atoms with Crippen LogP contribution in [-0.2, 0) is 9.59 Å². The van der Waals surface area contributed by atoms with E-state index in [0.29, 0.717) is 6.29 Å². The van der Waals surface area contributed by atoms with Crippen molar-refractivity contribution in [2.24, 2.45) is 0 Å². The lowest BCUT2D eigenvalue weighted by Crippen LogP contribution is -2.36. The van der Waals surface area contributed by atoms with Gasteiger partial charge in [0.05, 0.1) is 6.54 Å². The van der Waals surface area contributed by atoms with Gasteiger partial charge in [0.25, 0.3) is 6.43 Å². The molecule has 1 heterocycles. The summed E-state index contributed by atoms with van der Waals surface area (Å²) < 4.78 is 24.1. The third kappa shape index (κ3) is 2.29. The monoisotopic (exact) mass is 223 g/mol. The van der Waals surface area contributed by atoms with Crippen LogP contribution in [0.4, 0.5) is 8.78 Å². The maximum absolute atomic E-state index is 12.0. The number of aldehydes is 1. The average molecular weight is 224 g/mol. The molecule has 0 radical (unpaired) electrons. The summed E-state index contributed by atoms with van der Waals surface area (Å²) in [5.41, 5.74) is 0.201. The highest BCUT2D eigenvalue weighted by Crippen LogP contribution is 2.25. The topological polar surface area (TPSA) is 37.4 Å². The molecule has 0 aromatic heterocycles. The number of rotatable bonds is 3. The van der Waals surface area contributed by atoms with Gasteiger partial charge in [-0.3, -0.25) is 14.5 Å². The van der Waals surface area contributed by atoms with Gasteiger partial charge in [-0.15, -0.1) is 0 Å². The SMILES string of the molecule is O=CC1=C(Cl)N(CC(F)F)C(=O)CC1. The number of hydrogen-bond acceptors (Lipinski definition) is 2. The van der Waals surface area contributed by atoms with E-state index in [4.69, 9.17) is 11.6 Å². The number of carbonyl (C=O) groups is 2. The molecule has 1 aliphatic rings. The van der Waals surface area contributed by atoms with E-state index in [2.05, 4.69) is 0 Å². The lowest BCUT2D eigenvalue weighted by molar-refractivity contribution is -0.131. The quantitative estimate of drug-likeness (QED) is 0.537. The zero-order valence-corrected chi connectivity index (χ0v) is 7.93. The Labute approximate surface area is 84.3 Å². The number of nitrogens with zero attached hydrogens (tertiary/aromatic N) is 1. The molecule has 0 aromatic carbocycles. The van der Waals surface area contributed by atoms with Crippen molar-refractivity contribution in [3.8, 4) is 0 Å². The van der Waals surface area contributed by atoms with E-state index in [-0.39, 0.29) is 23.6 Å². The summed E-state index contributed by atoms with van der Waals surface area (Å²) in [6.45, 7) is -0.755. The molecule has 14 heavy (non-hydrogen) atoms. The second-order valence-corrected chi connectivity index (χ2v) is 3.19. The van der Waals surface area contributed by atoms with Gasteiger partial charge in [0.1, 0.15) is 11.4 Å². The molecule has 0 saturated carbocycles. The van der Waals surface area contributed by atoms with Crippen molar-refractivity contribution in [1.82, 2.24) is 4.90 Å². The van der Waals surface area contributed by atoms with Gasteiger partial charge in [0.15, 0.2) is 0 Å². The van der Waals surface area contributed by atoms with Gasteiger partial charge in [0, 0.05) is 12.0 Å². The predicted octanol–water partition coefficient (Wildman–Crippen LogP) is 1.52. The van der Waals surface area contributed by atoms with E-state index in [1.807, 2.05) is 0 Å². The highest BCUT2D eigenvalue weighted by atomic mass is 35.5. The van der Waals surface area contributed by atoms with E-state index in [1.165, 1.54) is 0 Å². The molecule has 0 N–H and O–H groups in total. The number of allylic oxidation sites excluding steroid dienone is 1. The fraction of sp³-hybridized carbons (Fsp3) is 0.500. The average Bonchev–Trinajstić information content (AvgIpc) is 2.12. The van der Waals surface area contributed by atoms with Crippen molar-refractivity contribution in [2.75, 3.05) is 6.54 Å². The number of halogens is 3. The second kappa shape index (κ2) is 4.50. The Morgan fingerprint density at radius 1 is 1.50 bits per heavy atom. The third-order valence-corrected chi connectivity index (χ3v) is 2.32. The second-order valence-electron chi connectivity index (χ2n) is 2.83. The molecule has 0 spiro atoms. The van der Waals surface area contributed by atoms with Crippen LogP contribution in [-0.4, -0.2) is 30.1 Å². The first-order valence-electron chi connectivity index (χ1n) is 3.98. The van der Waals surface area contributed by atoms with E-state index in [1.54, 1.807) is 0 Å². The normalized spacial score (nSPS) is 18.0. The maximum Gasteiger partial charge on any atom is 0.256 e. The van der Waals surface area contributed by atoms with Gasteiger partial charge in [-0.1, -0.05) is 11.6 Å². The van der Waals surface area contributed by atoms with Crippen molar-refractivity contribution in [2.45, 2.75) is 19.3 Å². The minimum absolute atomic E-state index is 0.0526. The van der Waals surface area contributed by atoms with Gasteiger partial charge in [0.2, 0.25) is 5.91 Å². The van der Waals surface area contributed by atoms with E-state index >= 15 is 0 Å². The molecule has 1 amide bonds. The van der Waals surface area contributed by atoms with Crippen LogP contribution < -0.4 is 0 Å². The van der Waals surface area contributed by atoms with Crippen LogP contribution in [0, 0.1) is 0 Å². The summed E-state index contributed by atoms with van der Waals surface area (Å²) in [5, 5.41) is -0.170. The van der Waals surface area contributed by atoms with Crippen molar-refractivity contribution in [3.05, 3.63) is 10.7 Å². The Morgan fingerprint density at radius 3 is 2.64 bits per heavy atom. The minimum atomic E-state index is -2.65. The van der Waals surface area contributed by atoms with Crippen LogP contribution in [0.5, 0.6) is 0 Å². The summed E-state index contributed by atoms with van der Waals surface area (Å²) in [4.78, 5) is 22.3. The highest BCUT2D eigenvalue weighted by molar-refractivity contribution is 6.32. The molecule has 0 bridgehead atoms. The molecule has 0 atom stereocenters. The first-order chi connectivity index (χ1) is 6.56. The lowest BCUT2D eigenvalue weighted by Gasteiger charge is -2.26. The van der Waals surface area contributed by atoms with E-state index in [9.17, 15) is 18.4 Å². The van der Waals surface area contributed by atoms with Gasteiger partial charge < -0.3 is 0 Å². The van der Waals surface area contributed by atoms with Crippen LogP contribution >= 0.6 is 11.6 Å². The standard InChI is InChI=1S/C8H8ClF2NO2/c9-8-5(4-13)1-2-7(14)12(8)3-6(10)11/h4,6H,1-3H2. The largest absolute Gasteiger partial charge is 0.298 e.